The van der Waals surface area contributed by atoms with Crippen LogP contribution in [-0.4, -0.2) is 70.4 Å². The van der Waals surface area contributed by atoms with E-state index >= 15 is 0 Å². The zero-order chi connectivity index (χ0) is 43.7. The van der Waals surface area contributed by atoms with E-state index < -0.39 is 66.2 Å². The molecule has 13 nitrogen and oxygen atoms in total. The first-order chi connectivity index (χ1) is 28.4. The molecule has 0 aliphatic rings. The van der Waals surface area contributed by atoms with Crippen LogP contribution in [0, 0.1) is 0 Å². The molecule has 0 aromatic rings. The van der Waals surface area contributed by atoms with Crippen LogP contribution >= 0.6 is 15.6 Å². The summed E-state index contributed by atoms with van der Waals surface area (Å²) in [5.41, 5.74) is 0. The molecule has 0 rings (SSSR count). The number of aliphatic hydroxyl groups is 1. The number of rotatable bonds is 41. The monoisotopic (exact) mass is 876 g/mol. The molecule has 0 aromatic carbocycles. The Bertz CT molecular complexity index is 1280. The van der Waals surface area contributed by atoms with Gasteiger partial charge >= 0.3 is 27.6 Å². The molecular formula is C44H78O13P2. The lowest BCUT2D eigenvalue weighted by Crippen LogP contribution is -2.30. The summed E-state index contributed by atoms with van der Waals surface area (Å²) in [4.78, 5) is 52.7. The van der Waals surface area contributed by atoms with Crippen LogP contribution in [0.1, 0.15) is 168 Å². The molecule has 0 radical (unpaired) electrons. The minimum absolute atomic E-state index is 0.124. The van der Waals surface area contributed by atoms with Gasteiger partial charge in [0.25, 0.3) is 0 Å². The Morgan fingerprint density at radius 3 is 1.44 bits per heavy atom. The lowest BCUT2D eigenvalue weighted by molar-refractivity contribution is -0.161. The molecule has 59 heavy (non-hydrogen) atoms. The molecule has 4 N–H and O–H groups in total. The number of phosphoric acid groups is 2. The van der Waals surface area contributed by atoms with Crippen molar-refractivity contribution in [2.24, 2.45) is 0 Å². The van der Waals surface area contributed by atoms with Crippen molar-refractivity contribution in [2.75, 3.05) is 26.4 Å². The third-order valence-corrected chi connectivity index (χ3v) is 10.3. The summed E-state index contributed by atoms with van der Waals surface area (Å²) in [6.45, 7) is 1.61. The van der Waals surface area contributed by atoms with Crippen LogP contribution in [0.5, 0.6) is 0 Å². The molecule has 3 atom stereocenters. The zero-order valence-electron chi connectivity index (χ0n) is 36.1. The van der Waals surface area contributed by atoms with Crippen LogP contribution in [0.2, 0.25) is 0 Å². The Morgan fingerprint density at radius 2 is 0.932 bits per heavy atom. The van der Waals surface area contributed by atoms with E-state index in [2.05, 4.69) is 83.7 Å². The molecule has 0 aliphatic carbocycles. The molecule has 0 aromatic heterocycles. The van der Waals surface area contributed by atoms with Crippen molar-refractivity contribution in [1.82, 2.24) is 0 Å². The molecule has 0 bridgehead atoms. The first kappa shape index (κ1) is 56.8. The minimum atomic E-state index is -4.87. The lowest BCUT2D eigenvalue weighted by atomic mass is 10.0. The van der Waals surface area contributed by atoms with Crippen molar-refractivity contribution in [3.05, 3.63) is 60.8 Å². The second kappa shape index (κ2) is 39.9. The van der Waals surface area contributed by atoms with Gasteiger partial charge in [0.1, 0.15) is 12.7 Å². The van der Waals surface area contributed by atoms with Gasteiger partial charge in [0, 0.05) is 12.8 Å². The summed E-state index contributed by atoms with van der Waals surface area (Å²) in [6, 6.07) is 0. The Kier molecular flexibility index (Phi) is 38.5. The lowest BCUT2D eigenvalue weighted by Gasteiger charge is -2.20. The van der Waals surface area contributed by atoms with E-state index in [1.165, 1.54) is 57.8 Å². The number of phosphoric ester groups is 2. The first-order valence-corrected chi connectivity index (χ1v) is 25.0. The molecule has 0 saturated carbocycles. The van der Waals surface area contributed by atoms with Gasteiger partial charge in [0.15, 0.2) is 6.10 Å². The van der Waals surface area contributed by atoms with Crippen molar-refractivity contribution >= 4 is 27.6 Å². The number of esters is 2. The summed E-state index contributed by atoms with van der Waals surface area (Å²) in [6.07, 6.45) is 42.1. The van der Waals surface area contributed by atoms with Crippen LogP contribution in [-0.2, 0) is 41.8 Å². The van der Waals surface area contributed by atoms with Crippen LogP contribution in [0.3, 0.4) is 0 Å². The highest BCUT2D eigenvalue weighted by Gasteiger charge is 2.28. The van der Waals surface area contributed by atoms with E-state index in [-0.39, 0.29) is 12.8 Å². The number of carbonyl (C=O) groups is 2. The predicted octanol–water partition coefficient (Wildman–Crippen LogP) is 11.2. The smallest absolute Gasteiger partial charge is 0.462 e. The Hall–Kier alpha value is -2.18. The highest BCUT2D eigenvalue weighted by atomic mass is 31.2. The highest BCUT2D eigenvalue weighted by Crippen LogP contribution is 2.43. The van der Waals surface area contributed by atoms with Gasteiger partial charge in [0.2, 0.25) is 0 Å². The van der Waals surface area contributed by atoms with Gasteiger partial charge in [-0.3, -0.25) is 23.2 Å². The molecule has 0 aliphatic heterocycles. The Morgan fingerprint density at radius 1 is 0.508 bits per heavy atom. The largest absolute Gasteiger partial charge is 0.472 e. The molecule has 0 amide bonds. The average molecular weight is 877 g/mol. The molecule has 1 unspecified atom stereocenters. The minimum Gasteiger partial charge on any atom is -0.462 e. The Balaban J connectivity index is 4.56. The van der Waals surface area contributed by atoms with Crippen molar-refractivity contribution < 1.29 is 61.6 Å². The fraction of sp³-hybridized carbons (Fsp3) is 0.727. The van der Waals surface area contributed by atoms with E-state index in [0.717, 1.165) is 70.6 Å². The number of unbranched alkanes of at least 4 members (excludes halogenated alkanes) is 15. The van der Waals surface area contributed by atoms with Crippen molar-refractivity contribution in [3.63, 3.8) is 0 Å². The maximum atomic E-state index is 12.6. The van der Waals surface area contributed by atoms with E-state index in [1.54, 1.807) is 0 Å². The molecule has 0 spiro atoms. The van der Waals surface area contributed by atoms with Crippen molar-refractivity contribution in [3.8, 4) is 0 Å². The summed E-state index contributed by atoms with van der Waals surface area (Å²) < 4.78 is 47.7. The fourth-order valence-corrected chi connectivity index (χ4v) is 6.77. The molecule has 342 valence electrons. The van der Waals surface area contributed by atoms with Crippen LogP contribution in [0.25, 0.3) is 0 Å². The summed E-state index contributed by atoms with van der Waals surface area (Å²) in [7, 11) is -9.68. The summed E-state index contributed by atoms with van der Waals surface area (Å²) in [5.74, 6) is -1.07. The third-order valence-electron chi connectivity index (χ3n) is 8.91. The quantitative estimate of drug-likeness (QED) is 0.0196. The molecule has 0 saturated heterocycles. The van der Waals surface area contributed by atoms with Crippen LogP contribution in [0.15, 0.2) is 60.8 Å². The van der Waals surface area contributed by atoms with E-state index in [9.17, 15) is 28.7 Å². The Labute approximate surface area is 355 Å². The third kappa shape index (κ3) is 43.7. The topological polar surface area (TPSA) is 195 Å². The van der Waals surface area contributed by atoms with E-state index in [1.807, 2.05) is 0 Å². The van der Waals surface area contributed by atoms with E-state index in [0.29, 0.717) is 12.8 Å². The number of hydrogen-bond donors (Lipinski definition) is 4. The second-order valence-corrected chi connectivity index (χ2v) is 17.3. The average Bonchev–Trinajstić information content (AvgIpc) is 3.19. The fourth-order valence-electron chi connectivity index (χ4n) is 5.61. The highest BCUT2D eigenvalue weighted by molar-refractivity contribution is 7.47. The van der Waals surface area contributed by atoms with Gasteiger partial charge in [0.05, 0.1) is 19.8 Å². The molecule has 0 heterocycles. The van der Waals surface area contributed by atoms with Crippen molar-refractivity contribution in [2.45, 2.75) is 180 Å². The summed E-state index contributed by atoms with van der Waals surface area (Å²) >= 11 is 0. The number of aliphatic hydroxyl groups excluding tert-OH is 1. The number of hydrogen-bond acceptors (Lipinski definition) is 10. The van der Waals surface area contributed by atoms with E-state index in [4.69, 9.17) is 23.8 Å². The number of carbonyl (C=O) groups excluding carboxylic acids is 2. The standard InChI is InChI=1S/C44H78O13P2/c1-3-5-7-9-11-13-15-17-18-19-20-21-22-24-25-27-29-31-33-35-43(46)53-39-42(40-56-59(51,52)55-38-41(45)37-54-58(48,49)50)57-44(47)36-34-32-30-28-26-23-16-14-12-10-8-6-4-2/h5,7,11,13,17-18,20-21,24-25,41-42,45H,3-4,6,8-10,12,14-16,19,22-23,26-40H2,1-2H3,(H,51,52)(H2,48,49,50)/b7-5-,13-11-,18-17-,21-20-,25-24-/t41-,42+/m0/s1. The van der Waals surface area contributed by atoms with Crippen molar-refractivity contribution in [1.29, 1.82) is 0 Å². The maximum Gasteiger partial charge on any atom is 0.472 e. The number of allylic oxidation sites excluding steroid dienone is 10. The SMILES string of the molecule is CC/C=C\C/C=C\C/C=C\C/C=C\C/C=C\CCCCCC(=O)OC[C@H](COP(=O)(O)OC[C@@H](O)COP(=O)(O)O)OC(=O)CCCCCCCCCCCCCCC. The molecule has 15 heteroatoms. The zero-order valence-corrected chi connectivity index (χ0v) is 37.9. The van der Waals surface area contributed by atoms with Gasteiger partial charge in [-0.25, -0.2) is 9.13 Å². The van der Waals surface area contributed by atoms with Gasteiger partial charge in [-0.15, -0.1) is 0 Å². The summed E-state index contributed by atoms with van der Waals surface area (Å²) in [5, 5.41) is 9.74. The van der Waals surface area contributed by atoms with Crippen LogP contribution < -0.4 is 0 Å². The van der Waals surface area contributed by atoms with Crippen LogP contribution in [0.4, 0.5) is 0 Å². The predicted molar refractivity (Wildman–Crippen MR) is 234 cm³/mol. The van der Waals surface area contributed by atoms with Gasteiger partial charge in [-0.05, 0) is 57.8 Å². The number of ether oxygens (including phenoxy) is 2. The molecule has 0 fully saturated rings. The normalized spacial score (nSPS) is 14.6. The maximum absolute atomic E-state index is 12.6. The first-order valence-electron chi connectivity index (χ1n) is 22.0. The molecular weight excluding hydrogens is 798 g/mol. The van der Waals surface area contributed by atoms with Gasteiger partial charge in [-0.2, -0.15) is 0 Å². The van der Waals surface area contributed by atoms with Gasteiger partial charge in [-0.1, -0.05) is 158 Å². The second-order valence-electron chi connectivity index (χ2n) is 14.6. The van der Waals surface area contributed by atoms with Gasteiger partial charge < -0.3 is 29.3 Å².